The second-order valence-corrected chi connectivity index (χ2v) is 8.46. The first kappa shape index (κ1) is 27.5. The number of ether oxygens (including phenoxy) is 1. The minimum absolute atomic E-state index is 0. The van der Waals surface area contributed by atoms with Gasteiger partial charge >= 0.3 is 0 Å². The van der Waals surface area contributed by atoms with E-state index in [2.05, 4.69) is 56.6 Å². The summed E-state index contributed by atoms with van der Waals surface area (Å²) in [6, 6.07) is 6.63. The molecule has 1 fully saturated rings. The van der Waals surface area contributed by atoms with Gasteiger partial charge in [0.05, 0.1) is 18.9 Å². The van der Waals surface area contributed by atoms with E-state index in [1.54, 1.807) is 0 Å². The normalized spacial score (nSPS) is 15.9. The topological polar surface area (TPSA) is 79.6 Å². The molecule has 0 saturated carbocycles. The Hall–Kier alpha value is -1.72. The van der Waals surface area contributed by atoms with Crippen molar-refractivity contribution in [2.75, 3.05) is 39.9 Å². The number of nitrogens with one attached hydrogen (secondary N) is 2. The molecule has 8 nitrogen and oxygen atoms in total. The number of hydrogen-bond donors (Lipinski definition) is 2. The standard InChI is InChI=1S/C24H39N7O.HI/c1-6-21(7-2)22(30-10-12-32-13-11-30)17-28-24(25-5)27-16-20-8-9-23(26-15-20)31-19(4)14-18(3)29-31;/h8-9,14-15,21-22H,6-7,10-13,16-17H2,1-5H3,(H2,25,27,28);1H. The highest BCUT2D eigenvalue weighted by Gasteiger charge is 2.27. The fourth-order valence-corrected chi connectivity index (χ4v) is 4.45. The average Bonchev–Trinajstić information content (AvgIpc) is 3.17. The van der Waals surface area contributed by atoms with Crippen LogP contribution in [-0.4, -0.2) is 71.6 Å². The smallest absolute Gasteiger partial charge is 0.191 e. The molecule has 1 unspecified atom stereocenters. The van der Waals surface area contributed by atoms with Crippen molar-refractivity contribution < 1.29 is 4.74 Å². The summed E-state index contributed by atoms with van der Waals surface area (Å²) in [4.78, 5) is 11.6. The number of aliphatic imine (C=N–C) groups is 1. The maximum Gasteiger partial charge on any atom is 0.191 e. The van der Waals surface area contributed by atoms with Gasteiger partial charge < -0.3 is 15.4 Å². The van der Waals surface area contributed by atoms with Gasteiger partial charge in [-0.3, -0.25) is 9.89 Å². The third-order valence-electron chi connectivity index (χ3n) is 6.31. The minimum Gasteiger partial charge on any atom is -0.379 e. The van der Waals surface area contributed by atoms with Crippen molar-refractivity contribution in [3.05, 3.63) is 41.3 Å². The third kappa shape index (κ3) is 7.65. The quantitative estimate of drug-likeness (QED) is 0.274. The van der Waals surface area contributed by atoms with E-state index in [1.165, 1.54) is 12.8 Å². The van der Waals surface area contributed by atoms with E-state index in [9.17, 15) is 0 Å². The van der Waals surface area contributed by atoms with Crippen molar-refractivity contribution in [3.8, 4) is 5.82 Å². The molecule has 2 N–H and O–H groups in total. The Bertz CT molecular complexity index is 858. The number of morpholine rings is 1. The van der Waals surface area contributed by atoms with Crippen LogP contribution in [0.5, 0.6) is 0 Å². The van der Waals surface area contributed by atoms with Crippen LogP contribution in [-0.2, 0) is 11.3 Å². The van der Waals surface area contributed by atoms with Gasteiger partial charge in [0.25, 0.3) is 0 Å². The number of hydrogen-bond acceptors (Lipinski definition) is 5. The van der Waals surface area contributed by atoms with E-state index in [-0.39, 0.29) is 24.0 Å². The lowest BCUT2D eigenvalue weighted by Gasteiger charge is -2.39. The van der Waals surface area contributed by atoms with Crippen molar-refractivity contribution in [1.82, 2.24) is 30.3 Å². The molecule has 9 heteroatoms. The van der Waals surface area contributed by atoms with E-state index in [0.29, 0.717) is 18.5 Å². The van der Waals surface area contributed by atoms with Crippen LogP contribution in [0, 0.1) is 19.8 Å². The van der Waals surface area contributed by atoms with Crippen LogP contribution >= 0.6 is 24.0 Å². The number of rotatable bonds is 9. The van der Waals surface area contributed by atoms with E-state index in [4.69, 9.17) is 4.74 Å². The van der Waals surface area contributed by atoms with Crippen LogP contribution in [0.2, 0.25) is 0 Å². The molecule has 2 aromatic rings. The lowest BCUT2D eigenvalue weighted by molar-refractivity contribution is 0.00272. The van der Waals surface area contributed by atoms with Gasteiger partial charge in [0, 0.05) is 51.2 Å². The zero-order valence-corrected chi connectivity index (χ0v) is 23.0. The maximum absolute atomic E-state index is 5.57. The lowest BCUT2D eigenvalue weighted by atomic mass is 9.92. The molecule has 3 rings (SSSR count). The number of aromatic nitrogens is 3. The second kappa shape index (κ2) is 13.9. The molecule has 0 radical (unpaired) electrons. The van der Waals surface area contributed by atoms with E-state index in [0.717, 1.165) is 61.6 Å². The highest BCUT2D eigenvalue weighted by Crippen LogP contribution is 2.19. The fraction of sp³-hybridized carbons (Fsp3) is 0.625. The third-order valence-corrected chi connectivity index (χ3v) is 6.31. The number of aryl methyl sites for hydroxylation is 2. The summed E-state index contributed by atoms with van der Waals surface area (Å²) in [6.07, 6.45) is 4.26. The van der Waals surface area contributed by atoms with Gasteiger partial charge in [0.15, 0.2) is 11.8 Å². The Balaban J connectivity index is 0.00000385. The number of pyridine rings is 1. The van der Waals surface area contributed by atoms with Crippen LogP contribution in [0.1, 0.15) is 43.6 Å². The van der Waals surface area contributed by atoms with Crippen LogP contribution in [0.25, 0.3) is 5.82 Å². The van der Waals surface area contributed by atoms with E-state index >= 15 is 0 Å². The number of nitrogens with zero attached hydrogens (tertiary/aromatic N) is 5. The average molecular weight is 570 g/mol. The molecule has 0 spiro atoms. The van der Waals surface area contributed by atoms with Crippen molar-refractivity contribution in [3.63, 3.8) is 0 Å². The van der Waals surface area contributed by atoms with Gasteiger partial charge in [0.1, 0.15) is 0 Å². The molecule has 1 aliphatic rings. The molecule has 2 aromatic heterocycles. The molecule has 0 bridgehead atoms. The summed E-state index contributed by atoms with van der Waals surface area (Å²) in [7, 11) is 1.82. The van der Waals surface area contributed by atoms with E-state index < -0.39 is 0 Å². The van der Waals surface area contributed by atoms with Crippen molar-refractivity contribution in [2.24, 2.45) is 10.9 Å². The Morgan fingerprint density at radius 2 is 1.88 bits per heavy atom. The maximum atomic E-state index is 5.57. The Morgan fingerprint density at radius 3 is 2.42 bits per heavy atom. The second-order valence-electron chi connectivity index (χ2n) is 8.46. The molecule has 33 heavy (non-hydrogen) atoms. The molecule has 3 heterocycles. The van der Waals surface area contributed by atoms with Gasteiger partial charge in [0.2, 0.25) is 0 Å². The van der Waals surface area contributed by atoms with Gasteiger partial charge in [-0.2, -0.15) is 5.10 Å². The molecule has 0 aromatic carbocycles. The number of guanidine groups is 1. The van der Waals surface area contributed by atoms with Crippen molar-refractivity contribution >= 4 is 29.9 Å². The Labute approximate surface area is 215 Å². The first-order valence-corrected chi connectivity index (χ1v) is 11.8. The first-order valence-electron chi connectivity index (χ1n) is 11.8. The summed E-state index contributed by atoms with van der Waals surface area (Å²) in [6.45, 7) is 13.8. The van der Waals surface area contributed by atoms with Crippen LogP contribution in [0.3, 0.4) is 0 Å². The summed E-state index contributed by atoms with van der Waals surface area (Å²) in [5.41, 5.74) is 3.18. The Morgan fingerprint density at radius 1 is 1.15 bits per heavy atom. The highest BCUT2D eigenvalue weighted by molar-refractivity contribution is 14.0. The van der Waals surface area contributed by atoms with Crippen LogP contribution < -0.4 is 10.6 Å². The zero-order valence-electron chi connectivity index (χ0n) is 20.7. The predicted octanol–water partition coefficient (Wildman–Crippen LogP) is 3.30. The fourth-order valence-electron chi connectivity index (χ4n) is 4.45. The SMILES string of the molecule is CCC(CC)C(CNC(=NC)NCc1ccc(-n2nc(C)cc2C)nc1)N1CCOCC1.I. The first-order chi connectivity index (χ1) is 15.5. The molecule has 1 aliphatic heterocycles. The predicted molar refractivity (Wildman–Crippen MR) is 145 cm³/mol. The lowest BCUT2D eigenvalue weighted by Crippen LogP contribution is -2.53. The van der Waals surface area contributed by atoms with Gasteiger partial charge in [-0.25, -0.2) is 9.67 Å². The van der Waals surface area contributed by atoms with Gasteiger partial charge in [-0.05, 0) is 37.5 Å². The largest absolute Gasteiger partial charge is 0.379 e. The highest BCUT2D eigenvalue weighted by atomic mass is 127. The van der Waals surface area contributed by atoms with Gasteiger partial charge in [-0.15, -0.1) is 24.0 Å². The molecule has 184 valence electrons. The molecule has 1 atom stereocenters. The molecule has 0 aliphatic carbocycles. The van der Waals surface area contributed by atoms with Crippen molar-refractivity contribution in [2.45, 2.75) is 53.1 Å². The summed E-state index contributed by atoms with van der Waals surface area (Å²) in [5, 5.41) is 11.5. The van der Waals surface area contributed by atoms with Gasteiger partial charge in [-0.1, -0.05) is 32.8 Å². The summed E-state index contributed by atoms with van der Waals surface area (Å²) in [5.74, 6) is 2.31. The minimum atomic E-state index is 0. The van der Waals surface area contributed by atoms with Crippen molar-refractivity contribution in [1.29, 1.82) is 0 Å². The summed E-state index contributed by atoms with van der Waals surface area (Å²) >= 11 is 0. The molecular formula is C24H40IN7O. The van der Waals surface area contributed by atoms with Crippen LogP contribution in [0.15, 0.2) is 29.4 Å². The zero-order chi connectivity index (χ0) is 22.9. The van der Waals surface area contributed by atoms with Crippen LogP contribution in [0.4, 0.5) is 0 Å². The molecule has 1 saturated heterocycles. The summed E-state index contributed by atoms with van der Waals surface area (Å²) < 4.78 is 7.44. The molecule has 0 amide bonds. The Kier molecular flexibility index (Phi) is 11.6. The molecular weight excluding hydrogens is 529 g/mol. The monoisotopic (exact) mass is 569 g/mol. The number of halogens is 1. The van der Waals surface area contributed by atoms with E-state index in [1.807, 2.05) is 37.8 Å².